The van der Waals surface area contributed by atoms with Crippen LogP contribution in [0.25, 0.3) is 0 Å². The zero-order valence-electron chi connectivity index (χ0n) is 17.6. The Balaban J connectivity index is 0.000000339. The average Bonchev–Trinajstić information content (AvgIpc) is 3.44. The Morgan fingerprint density at radius 2 is 1.87 bits per heavy atom. The summed E-state index contributed by atoms with van der Waals surface area (Å²) in [4.78, 5) is 26.0. The zero-order valence-corrected chi connectivity index (χ0v) is 17.6. The van der Waals surface area contributed by atoms with Gasteiger partial charge in [-0.15, -0.1) is 0 Å². The highest BCUT2D eigenvalue weighted by Crippen LogP contribution is 2.37. The lowest BCUT2D eigenvalue weighted by Crippen LogP contribution is -2.47. The van der Waals surface area contributed by atoms with E-state index in [-0.39, 0.29) is 11.5 Å². The van der Waals surface area contributed by atoms with Crippen molar-refractivity contribution in [2.75, 3.05) is 32.7 Å². The van der Waals surface area contributed by atoms with Crippen LogP contribution < -0.4 is 0 Å². The fourth-order valence-electron chi connectivity index (χ4n) is 4.56. The van der Waals surface area contributed by atoms with E-state index >= 15 is 0 Å². The Hall–Kier alpha value is -2.07. The van der Waals surface area contributed by atoms with Gasteiger partial charge in [0, 0.05) is 18.7 Å². The van der Waals surface area contributed by atoms with E-state index in [1.54, 1.807) is 6.26 Å². The van der Waals surface area contributed by atoms with Gasteiger partial charge >= 0.3 is 12.1 Å². The van der Waals surface area contributed by atoms with Crippen LogP contribution in [-0.2, 0) is 9.53 Å². The predicted octanol–water partition coefficient (Wildman–Crippen LogP) is 3.47. The lowest BCUT2D eigenvalue weighted by atomic mass is 9.90. The minimum Gasteiger partial charge on any atom is -0.475 e. The largest absolute Gasteiger partial charge is 0.490 e. The monoisotopic (exact) mass is 446 g/mol. The second-order valence-electron chi connectivity index (χ2n) is 8.54. The quantitative estimate of drug-likeness (QED) is 0.766. The number of aryl methyl sites for hydroxylation is 1. The van der Waals surface area contributed by atoms with E-state index in [2.05, 4.69) is 4.90 Å². The highest BCUT2D eigenvalue weighted by atomic mass is 19.4. The molecule has 10 heteroatoms. The molecule has 3 aliphatic rings. The highest BCUT2D eigenvalue weighted by Gasteiger charge is 2.45. The summed E-state index contributed by atoms with van der Waals surface area (Å²) in [5.41, 5.74) is 0.788. The van der Waals surface area contributed by atoms with Gasteiger partial charge in [-0.05, 0) is 64.6 Å². The number of furan rings is 1. The van der Waals surface area contributed by atoms with Crippen molar-refractivity contribution in [1.82, 2.24) is 9.80 Å². The molecule has 3 saturated heterocycles. The smallest absolute Gasteiger partial charge is 0.475 e. The summed E-state index contributed by atoms with van der Waals surface area (Å²) in [7, 11) is 0. The molecule has 0 bridgehead atoms. The highest BCUT2D eigenvalue weighted by molar-refractivity contribution is 5.93. The normalized spacial score (nSPS) is 26.7. The molecule has 0 saturated carbocycles. The summed E-state index contributed by atoms with van der Waals surface area (Å²) in [5.74, 6) is -2.26. The van der Waals surface area contributed by atoms with Gasteiger partial charge in [0.25, 0.3) is 5.91 Å². The predicted molar refractivity (Wildman–Crippen MR) is 105 cm³/mol. The first-order valence-electron chi connectivity index (χ1n) is 10.6. The summed E-state index contributed by atoms with van der Waals surface area (Å²) < 4.78 is 43.7. The summed E-state index contributed by atoms with van der Waals surface area (Å²) in [6, 6.07) is 1.85. The number of likely N-dealkylation sites (tertiary alicyclic amines) is 2. The van der Waals surface area contributed by atoms with Gasteiger partial charge in [-0.25, -0.2) is 4.79 Å². The van der Waals surface area contributed by atoms with Gasteiger partial charge < -0.3 is 24.1 Å². The first-order valence-corrected chi connectivity index (χ1v) is 10.6. The third-order valence-corrected chi connectivity index (χ3v) is 6.14. The number of hydrogen-bond donors (Lipinski definition) is 1. The number of carboxylic acids is 1. The van der Waals surface area contributed by atoms with Crippen molar-refractivity contribution in [1.29, 1.82) is 0 Å². The molecule has 31 heavy (non-hydrogen) atoms. The van der Waals surface area contributed by atoms with E-state index in [0.717, 1.165) is 37.9 Å². The van der Waals surface area contributed by atoms with Crippen molar-refractivity contribution in [2.24, 2.45) is 0 Å². The fraction of sp³-hybridized carbons (Fsp3) is 0.714. The summed E-state index contributed by atoms with van der Waals surface area (Å²) in [6.07, 6.45) is 3.88. The van der Waals surface area contributed by atoms with Crippen molar-refractivity contribution in [2.45, 2.75) is 63.3 Å². The standard InChI is InChI=1S/C19H28N2O3.C2HF3O2/c1-15-6-12-23-17(15)18(22)21-11-8-19(14-21)7-4-5-16(24-19)13-20-9-2-3-10-20;3-2(4,5)1(6)7/h6,12,16H,2-5,7-11,13-14H2,1H3;(H,6,7)/t16-,19-;/m1./s1. The molecule has 1 aromatic heterocycles. The minimum absolute atomic E-state index is 0.0136. The number of amides is 1. The Morgan fingerprint density at radius 3 is 2.45 bits per heavy atom. The number of alkyl halides is 3. The first-order chi connectivity index (χ1) is 14.6. The average molecular weight is 446 g/mol. The van der Waals surface area contributed by atoms with E-state index in [1.807, 2.05) is 17.9 Å². The number of halogens is 3. The topological polar surface area (TPSA) is 83.2 Å². The fourth-order valence-corrected chi connectivity index (χ4v) is 4.56. The Bertz CT molecular complexity index is 775. The molecular formula is C21H29F3N2O5. The maximum atomic E-state index is 12.7. The maximum absolute atomic E-state index is 12.7. The van der Waals surface area contributed by atoms with Crippen LogP contribution in [0.5, 0.6) is 0 Å². The van der Waals surface area contributed by atoms with E-state index in [1.165, 1.54) is 32.4 Å². The number of nitrogens with zero attached hydrogens (tertiary/aromatic N) is 2. The number of carboxylic acid groups (broad SMARTS) is 1. The molecule has 1 amide bonds. The van der Waals surface area contributed by atoms with Crippen LogP contribution in [0.3, 0.4) is 0 Å². The molecule has 7 nitrogen and oxygen atoms in total. The zero-order chi connectivity index (χ0) is 22.6. The Morgan fingerprint density at radius 1 is 1.19 bits per heavy atom. The van der Waals surface area contributed by atoms with Crippen molar-refractivity contribution in [3.63, 3.8) is 0 Å². The van der Waals surface area contributed by atoms with Gasteiger partial charge in [-0.3, -0.25) is 4.79 Å². The van der Waals surface area contributed by atoms with E-state index < -0.39 is 12.1 Å². The van der Waals surface area contributed by atoms with Gasteiger partial charge in [0.2, 0.25) is 0 Å². The number of aliphatic carboxylic acids is 1. The summed E-state index contributed by atoms with van der Waals surface area (Å²) in [6.45, 7) is 6.90. The van der Waals surface area contributed by atoms with Crippen LogP contribution in [0.2, 0.25) is 0 Å². The number of carbonyl (C=O) groups is 2. The molecule has 0 aliphatic carbocycles. The molecule has 4 rings (SSSR count). The lowest BCUT2D eigenvalue weighted by molar-refractivity contribution is -0.192. The van der Waals surface area contributed by atoms with Crippen molar-refractivity contribution in [3.8, 4) is 0 Å². The van der Waals surface area contributed by atoms with Crippen LogP contribution in [0.15, 0.2) is 16.7 Å². The van der Waals surface area contributed by atoms with Crippen LogP contribution in [0.4, 0.5) is 13.2 Å². The van der Waals surface area contributed by atoms with Crippen molar-refractivity contribution >= 4 is 11.9 Å². The first kappa shape index (κ1) is 23.6. The molecule has 0 aromatic carbocycles. The molecular weight excluding hydrogens is 417 g/mol. The summed E-state index contributed by atoms with van der Waals surface area (Å²) in [5, 5.41) is 7.12. The van der Waals surface area contributed by atoms with Gasteiger partial charge in [0.1, 0.15) is 0 Å². The minimum atomic E-state index is -5.08. The van der Waals surface area contributed by atoms with E-state index in [0.29, 0.717) is 18.4 Å². The molecule has 2 atom stereocenters. The van der Waals surface area contributed by atoms with Crippen molar-refractivity contribution in [3.05, 3.63) is 23.7 Å². The third-order valence-electron chi connectivity index (χ3n) is 6.14. The third kappa shape index (κ3) is 6.00. The van der Waals surface area contributed by atoms with Gasteiger partial charge in [0.05, 0.1) is 24.5 Å². The molecule has 174 valence electrons. The second kappa shape index (κ2) is 9.60. The molecule has 0 unspecified atom stereocenters. The number of hydrogen-bond acceptors (Lipinski definition) is 5. The molecule has 3 fully saturated rings. The maximum Gasteiger partial charge on any atom is 0.490 e. The Labute approximate surface area is 179 Å². The molecule has 0 radical (unpaired) electrons. The van der Waals surface area contributed by atoms with E-state index in [9.17, 15) is 18.0 Å². The van der Waals surface area contributed by atoms with Crippen LogP contribution in [0.1, 0.15) is 54.6 Å². The number of carbonyl (C=O) groups excluding carboxylic acids is 1. The van der Waals surface area contributed by atoms with Gasteiger partial charge in [-0.2, -0.15) is 13.2 Å². The van der Waals surface area contributed by atoms with Gasteiger partial charge in [-0.1, -0.05) is 0 Å². The summed E-state index contributed by atoms with van der Waals surface area (Å²) >= 11 is 0. The molecule has 1 spiro atoms. The van der Waals surface area contributed by atoms with Crippen molar-refractivity contribution < 1.29 is 37.0 Å². The molecule has 1 N–H and O–H groups in total. The van der Waals surface area contributed by atoms with Crippen LogP contribution in [0, 0.1) is 6.92 Å². The number of ether oxygens (including phenoxy) is 1. The number of rotatable bonds is 3. The van der Waals surface area contributed by atoms with Crippen LogP contribution in [-0.4, -0.2) is 77.4 Å². The molecule has 3 aliphatic heterocycles. The van der Waals surface area contributed by atoms with Crippen LogP contribution >= 0.6 is 0 Å². The lowest BCUT2D eigenvalue weighted by Gasteiger charge is -2.39. The Kier molecular flexibility index (Phi) is 7.31. The molecule has 4 heterocycles. The second-order valence-corrected chi connectivity index (χ2v) is 8.54. The van der Waals surface area contributed by atoms with E-state index in [4.69, 9.17) is 19.1 Å². The molecule has 1 aromatic rings. The van der Waals surface area contributed by atoms with Gasteiger partial charge in [0.15, 0.2) is 5.76 Å². The SMILES string of the molecule is Cc1ccoc1C(=O)N1CC[C@]2(CCC[C@H](CN3CCCC3)O2)C1.O=C(O)C(F)(F)F.